The minimum absolute atomic E-state index is 0.603. The molecular formula is C24H23Cl2N. The Bertz CT molecular complexity index is 902. The van der Waals surface area contributed by atoms with Gasteiger partial charge in [0, 0.05) is 18.6 Å². The second-order valence-corrected chi connectivity index (χ2v) is 8.87. The summed E-state index contributed by atoms with van der Waals surface area (Å²) in [5, 5.41) is 1.25. The maximum absolute atomic E-state index is 6.23. The first-order chi connectivity index (χ1) is 13.2. The average Bonchev–Trinajstić information content (AvgIpc) is 3.01. The van der Waals surface area contributed by atoms with Crippen LogP contribution in [0.15, 0.2) is 60.2 Å². The first kappa shape index (κ1) is 17.6. The average molecular weight is 396 g/mol. The van der Waals surface area contributed by atoms with E-state index in [0.717, 1.165) is 18.2 Å². The molecule has 4 aliphatic rings. The Morgan fingerprint density at radius 2 is 1.78 bits per heavy atom. The summed E-state index contributed by atoms with van der Waals surface area (Å²) in [5.41, 5.74) is 4.00. The molecule has 2 aromatic rings. The fraction of sp³-hybridized carbons (Fsp3) is 0.333. The van der Waals surface area contributed by atoms with Gasteiger partial charge in [-0.05, 0) is 54.4 Å². The quantitative estimate of drug-likeness (QED) is 0.567. The molecule has 27 heavy (non-hydrogen) atoms. The van der Waals surface area contributed by atoms with Crippen LogP contribution in [0.3, 0.4) is 0 Å². The number of nitrogens with zero attached hydrogens (tertiary/aromatic N) is 1. The summed E-state index contributed by atoms with van der Waals surface area (Å²) in [4.78, 5) is 2.75. The summed E-state index contributed by atoms with van der Waals surface area (Å²) in [5.74, 6) is 1.24. The number of halogens is 2. The fourth-order valence-electron chi connectivity index (χ4n) is 5.34. The van der Waals surface area contributed by atoms with Gasteiger partial charge in [-0.3, -0.25) is 4.90 Å². The lowest BCUT2D eigenvalue weighted by Crippen LogP contribution is -2.55. The van der Waals surface area contributed by atoms with E-state index in [0.29, 0.717) is 27.9 Å². The smallest absolute Gasteiger partial charge is 0.0598 e. The van der Waals surface area contributed by atoms with Crippen LogP contribution in [-0.4, -0.2) is 23.5 Å². The summed E-state index contributed by atoms with van der Waals surface area (Å²) in [6, 6.07) is 18.1. The number of hydrogen-bond acceptors (Lipinski definition) is 1. The van der Waals surface area contributed by atoms with Gasteiger partial charge in [0.25, 0.3) is 0 Å². The highest BCUT2D eigenvalue weighted by Gasteiger charge is 2.51. The molecule has 0 aliphatic carbocycles. The predicted molar refractivity (Wildman–Crippen MR) is 115 cm³/mol. The van der Waals surface area contributed by atoms with Crippen molar-refractivity contribution in [3.63, 3.8) is 0 Å². The fourth-order valence-corrected chi connectivity index (χ4v) is 5.65. The van der Waals surface area contributed by atoms with Gasteiger partial charge in [0.05, 0.1) is 10.0 Å². The van der Waals surface area contributed by atoms with E-state index < -0.39 is 0 Å². The van der Waals surface area contributed by atoms with Gasteiger partial charge in [-0.25, -0.2) is 0 Å². The summed E-state index contributed by atoms with van der Waals surface area (Å²) >= 11 is 12.3. The van der Waals surface area contributed by atoms with Crippen LogP contribution in [0, 0.1) is 11.8 Å². The van der Waals surface area contributed by atoms with E-state index in [9.17, 15) is 0 Å². The molecule has 0 N–H and O–H groups in total. The van der Waals surface area contributed by atoms with E-state index in [4.69, 9.17) is 23.2 Å². The molecule has 4 aliphatic heterocycles. The van der Waals surface area contributed by atoms with Crippen LogP contribution in [0.1, 0.15) is 30.4 Å². The van der Waals surface area contributed by atoms with Gasteiger partial charge in [0.1, 0.15) is 0 Å². The largest absolute Gasteiger partial charge is 0.293 e. The van der Waals surface area contributed by atoms with Crippen LogP contribution in [0.25, 0.3) is 12.2 Å². The molecule has 2 aromatic carbocycles. The van der Waals surface area contributed by atoms with E-state index in [2.05, 4.69) is 59.5 Å². The van der Waals surface area contributed by atoms with Crippen LogP contribution in [-0.2, 0) is 0 Å². The van der Waals surface area contributed by atoms with Crippen LogP contribution in [0.5, 0.6) is 0 Å². The van der Waals surface area contributed by atoms with Crippen LogP contribution in [0.4, 0.5) is 0 Å². The van der Waals surface area contributed by atoms with Gasteiger partial charge in [-0.15, -0.1) is 0 Å². The summed E-state index contributed by atoms with van der Waals surface area (Å²) in [7, 11) is 0. The van der Waals surface area contributed by atoms with Crippen LogP contribution < -0.4 is 0 Å². The molecule has 0 spiro atoms. The zero-order valence-electron chi connectivity index (χ0n) is 15.2. The lowest BCUT2D eigenvalue weighted by atomic mass is 9.70. The highest BCUT2D eigenvalue weighted by molar-refractivity contribution is 6.42. The molecule has 4 fully saturated rings. The van der Waals surface area contributed by atoms with E-state index in [1.54, 1.807) is 5.57 Å². The van der Waals surface area contributed by atoms with Gasteiger partial charge in [0.2, 0.25) is 0 Å². The molecule has 3 heteroatoms. The van der Waals surface area contributed by atoms with Gasteiger partial charge in [-0.1, -0.05) is 83.4 Å². The van der Waals surface area contributed by atoms with Crippen molar-refractivity contribution in [1.29, 1.82) is 0 Å². The normalized spacial score (nSPS) is 33.3. The van der Waals surface area contributed by atoms with Crippen LogP contribution in [0.2, 0.25) is 10.0 Å². The topological polar surface area (TPSA) is 3.24 Å². The number of benzene rings is 2. The molecule has 0 amide bonds. The van der Waals surface area contributed by atoms with Crippen molar-refractivity contribution in [2.45, 2.75) is 31.3 Å². The van der Waals surface area contributed by atoms with E-state index in [1.807, 2.05) is 12.1 Å². The van der Waals surface area contributed by atoms with Crippen molar-refractivity contribution in [3.8, 4) is 0 Å². The molecule has 1 unspecified atom stereocenters. The molecule has 4 saturated heterocycles. The predicted octanol–water partition coefficient (Wildman–Crippen LogP) is 6.57. The lowest BCUT2D eigenvalue weighted by molar-refractivity contribution is 0.0486. The molecule has 138 valence electrons. The highest BCUT2D eigenvalue weighted by Crippen LogP contribution is 2.51. The number of fused-ring (bicyclic) bond motifs is 1. The van der Waals surface area contributed by atoms with E-state index in [1.165, 1.54) is 24.8 Å². The second kappa shape index (κ2) is 7.13. The summed E-state index contributed by atoms with van der Waals surface area (Å²) in [6.45, 7) is 1.11. The van der Waals surface area contributed by atoms with Gasteiger partial charge in [0.15, 0.2) is 0 Å². The maximum Gasteiger partial charge on any atom is 0.0598 e. The Balaban J connectivity index is 1.46. The van der Waals surface area contributed by atoms with E-state index >= 15 is 0 Å². The Hall–Kier alpha value is -1.54. The Labute approximate surface area is 171 Å². The van der Waals surface area contributed by atoms with Crippen molar-refractivity contribution in [1.82, 2.24) is 4.90 Å². The SMILES string of the molecule is Clc1ccc(/C=C2\CN3[C@H]4CC[C@@H]3[C@@H](/C=C/c3ccccc3)[C@@H]2C4)cc1Cl. The lowest BCUT2D eigenvalue weighted by Gasteiger charge is -2.51. The molecule has 1 nitrogen and oxygen atoms in total. The number of piperidine rings is 3. The van der Waals surface area contributed by atoms with Gasteiger partial charge < -0.3 is 0 Å². The molecule has 4 bridgehead atoms. The number of rotatable bonds is 3. The first-order valence-electron chi connectivity index (χ1n) is 9.83. The third-order valence-corrected chi connectivity index (χ3v) is 7.31. The standard InChI is InChI=1S/C24H23Cl2N/c25-22-10-7-17(13-23(22)26)12-18-15-27-19-8-11-24(27)20(21(18)14-19)9-6-16-4-2-1-3-5-16/h1-7,9-10,12-13,19-21,24H,8,11,14-15H2/b9-6+,18-12+/t19-,20-,21+,24+/m0/s1. The van der Waals surface area contributed by atoms with Gasteiger partial charge in [-0.2, -0.15) is 0 Å². The van der Waals surface area contributed by atoms with Crippen molar-refractivity contribution < 1.29 is 0 Å². The minimum atomic E-state index is 0.603. The first-order valence-corrected chi connectivity index (χ1v) is 10.6. The molecule has 0 saturated carbocycles. The van der Waals surface area contributed by atoms with E-state index in [-0.39, 0.29) is 0 Å². The maximum atomic E-state index is 6.23. The molecule has 5 atom stereocenters. The monoisotopic (exact) mass is 395 g/mol. The minimum Gasteiger partial charge on any atom is -0.293 e. The molecular weight excluding hydrogens is 373 g/mol. The number of hydrogen-bond donors (Lipinski definition) is 0. The van der Waals surface area contributed by atoms with Crippen molar-refractivity contribution in [2.24, 2.45) is 11.8 Å². The molecule has 0 aromatic heterocycles. The second-order valence-electron chi connectivity index (χ2n) is 8.05. The third kappa shape index (κ3) is 3.27. The molecule has 4 heterocycles. The van der Waals surface area contributed by atoms with Crippen LogP contribution >= 0.6 is 23.2 Å². The highest BCUT2D eigenvalue weighted by atomic mass is 35.5. The van der Waals surface area contributed by atoms with Crippen molar-refractivity contribution >= 4 is 35.4 Å². The van der Waals surface area contributed by atoms with Crippen molar-refractivity contribution in [2.75, 3.05) is 6.54 Å². The molecule has 6 rings (SSSR count). The third-order valence-electron chi connectivity index (χ3n) is 6.57. The Morgan fingerprint density at radius 3 is 2.59 bits per heavy atom. The zero-order chi connectivity index (χ0) is 18.4. The zero-order valence-corrected chi connectivity index (χ0v) is 16.7. The Kier molecular flexibility index (Phi) is 4.63. The molecule has 0 radical (unpaired) electrons. The van der Waals surface area contributed by atoms with Gasteiger partial charge >= 0.3 is 0 Å². The van der Waals surface area contributed by atoms with Crippen molar-refractivity contribution in [3.05, 3.63) is 81.4 Å². The summed E-state index contributed by atoms with van der Waals surface area (Å²) < 4.78 is 0. The Morgan fingerprint density at radius 1 is 0.926 bits per heavy atom. The summed E-state index contributed by atoms with van der Waals surface area (Å²) in [6.07, 6.45) is 11.1.